The molecular formula is C16H19NO5. The number of benzene rings is 1. The molecule has 1 fully saturated rings. The molecule has 1 N–H and O–H groups in total. The first-order chi connectivity index (χ1) is 10.6. The van der Waals surface area contributed by atoms with Crippen molar-refractivity contribution in [2.75, 3.05) is 19.8 Å². The van der Waals surface area contributed by atoms with E-state index in [0.29, 0.717) is 25.3 Å². The van der Waals surface area contributed by atoms with Crippen LogP contribution in [0.3, 0.4) is 0 Å². The summed E-state index contributed by atoms with van der Waals surface area (Å²) in [6, 6.07) is 6.80. The standard InChI is InChI=1S/C16H19NO5/c1-3-7-17-14(18)11(2)22-15(19)12-5-4-6-13(10-12)16-20-8-9-21-16/h3-6,10-11,16H,1,7-9H2,2H3,(H,17,18). The molecule has 1 aliphatic rings. The van der Waals surface area contributed by atoms with E-state index in [4.69, 9.17) is 14.2 Å². The molecular weight excluding hydrogens is 286 g/mol. The molecule has 1 amide bonds. The van der Waals surface area contributed by atoms with Crippen molar-refractivity contribution >= 4 is 11.9 Å². The summed E-state index contributed by atoms with van der Waals surface area (Å²) in [5, 5.41) is 2.57. The highest BCUT2D eigenvalue weighted by Gasteiger charge is 2.21. The number of carbonyl (C=O) groups is 2. The van der Waals surface area contributed by atoms with E-state index in [1.807, 2.05) is 6.07 Å². The van der Waals surface area contributed by atoms with Gasteiger partial charge in [-0.3, -0.25) is 4.79 Å². The van der Waals surface area contributed by atoms with Crippen LogP contribution in [-0.4, -0.2) is 37.7 Å². The van der Waals surface area contributed by atoms with E-state index in [9.17, 15) is 9.59 Å². The van der Waals surface area contributed by atoms with Gasteiger partial charge in [0.05, 0.1) is 18.8 Å². The first-order valence-electron chi connectivity index (χ1n) is 7.04. The average molecular weight is 305 g/mol. The molecule has 0 aliphatic carbocycles. The van der Waals surface area contributed by atoms with Crippen LogP contribution in [0.4, 0.5) is 0 Å². The summed E-state index contributed by atoms with van der Waals surface area (Å²) in [6.07, 6.45) is 0.216. The third-order valence-corrected chi connectivity index (χ3v) is 3.09. The molecule has 22 heavy (non-hydrogen) atoms. The van der Waals surface area contributed by atoms with Crippen molar-refractivity contribution in [3.63, 3.8) is 0 Å². The van der Waals surface area contributed by atoms with Gasteiger partial charge in [0.15, 0.2) is 12.4 Å². The van der Waals surface area contributed by atoms with Crippen LogP contribution in [0.1, 0.15) is 29.1 Å². The molecule has 1 aromatic carbocycles. The molecule has 0 bridgehead atoms. The van der Waals surface area contributed by atoms with E-state index in [2.05, 4.69) is 11.9 Å². The lowest BCUT2D eigenvalue weighted by Crippen LogP contribution is -2.35. The van der Waals surface area contributed by atoms with Crippen LogP contribution in [-0.2, 0) is 19.0 Å². The molecule has 1 atom stereocenters. The van der Waals surface area contributed by atoms with Gasteiger partial charge in [-0.05, 0) is 19.1 Å². The fourth-order valence-electron chi connectivity index (χ4n) is 1.96. The predicted molar refractivity (Wildman–Crippen MR) is 79.2 cm³/mol. The number of rotatable bonds is 6. The smallest absolute Gasteiger partial charge is 0.338 e. The number of esters is 1. The highest BCUT2D eigenvalue weighted by atomic mass is 16.7. The fraction of sp³-hybridized carbons (Fsp3) is 0.375. The summed E-state index contributed by atoms with van der Waals surface area (Å²) in [5.41, 5.74) is 1.09. The van der Waals surface area contributed by atoms with Gasteiger partial charge in [0.1, 0.15) is 0 Å². The largest absolute Gasteiger partial charge is 0.449 e. The van der Waals surface area contributed by atoms with Crippen LogP contribution < -0.4 is 5.32 Å². The van der Waals surface area contributed by atoms with E-state index in [0.717, 1.165) is 5.56 Å². The van der Waals surface area contributed by atoms with E-state index < -0.39 is 18.4 Å². The van der Waals surface area contributed by atoms with Crippen LogP contribution in [0.25, 0.3) is 0 Å². The van der Waals surface area contributed by atoms with Gasteiger partial charge in [-0.25, -0.2) is 4.79 Å². The summed E-state index contributed by atoms with van der Waals surface area (Å²) >= 11 is 0. The maximum atomic E-state index is 12.1. The quantitative estimate of drug-likeness (QED) is 0.638. The summed E-state index contributed by atoms with van der Waals surface area (Å²) in [6.45, 7) is 6.40. The van der Waals surface area contributed by atoms with Gasteiger partial charge in [-0.2, -0.15) is 0 Å². The Balaban J connectivity index is 1.98. The Morgan fingerprint density at radius 1 is 1.45 bits per heavy atom. The van der Waals surface area contributed by atoms with Gasteiger partial charge in [-0.1, -0.05) is 18.2 Å². The highest BCUT2D eigenvalue weighted by molar-refractivity contribution is 5.92. The lowest BCUT2D eigenvalue weighted by Gasteiger charge is -2.14. The molecule has 1 unspecified atom stereocenters. The van der Waals surface area contributed by atoms with Crippen LogP contribution in [0.15, 0.2) is 36.9 Å². The topological polar surface area (TPSA) is 73.9 Å². The van der Waals surface area contributed by atoms with Gasteiger partial charge in [-0.15, -0.1) is 6.58 Å². The molecule has 6 nitrogen and oxygen atoms in total. The molecule has 1 heterocycles. The zero-order valence-corrected chi connectivity index (χ0v) is 12.4. The molecule has 0 radical (unpaired) electrons. The van der Waals surface area contributed by atoms with Crippen molar-refractivity contribution < 1.29 is 23.8 Å². The minimum atomic E-state index is -0.880. The number of ether oxygens (including phenoxy) is 3. The zero-order chi connectivity index (χ0) is 15.9. The van der Waals surface area contributed by atoms with Gasteiger partial charge in [0.2, 0.25) is 0 Å². The van der Waals surface area contributed by atoms with E-state index >= 15 is 0 Å². The maximum absolute atomic E-state index is 12.1. The second kappa shape index (κ2) is 7.72. The molecule has 0 spiro atoms. The van der Waals surface area contributed by atoms with Gasteiger partial charge >= 0.3 is 5.97 Å². The highest BCUT2D eigenvalue weighted by Crippen LogP contribution is 2.24. The number of hydrogen-bond donors (Lipinski definition) is 1. The van der Waals surface area contributed by atoms with Crippen LogP contribution in [0.2, 0.25) is 0 Å². The first-order valence-corrected chi connectivity index (χ1v) is 7.04. The molecule has 1 aromatic rings. The Morgan fingerprint density at radius 3 is 2.86 bits per heavy atom. The van der Waals surface area contributed by atoms with E-state index in [1.54, 1.807) is 24.3 Å². The Labute approximate surface area is 129 Å². The molecule has 1 aliphatic heterocycles. The monoisotopic (exact) mass is 305 g/mol. The Bertz CT molecular complexity index is 551. The van der Waals surface area contributed by atoms with Gasteiger partial charge < -0.3 is 19.5 Å². The van der Waals surface area contributed by atoms with Crippen LogP contribution in [0, 0.1) is 0 Å². The number of carbonyl (C=O) groups excluding carboxylic acids is 2. The lowest BCUT2D eigenvalue weighted by molar-refractivity contribution is -0.128. The SMILES string of the molecule is C=CCNC(=O)C(C)OC(=O)c1cccc(C2OCCO2)c1. The number of hydrogen-bond acceptors (Lipinski definition) is 5. The van der Waals surface area contributed by atoms with Crippen molar-refractivity contribution in [1.29, 1.82) is 0 Å². The van der Waals surface area contributed by atoms with Gasteiger partial charge in [0.25, 0.3) is 5.91 Å². The summed E-state index contributed by atoms with van der Waals surface area (Å²) in [5.74, 6) is -0.937. The summed E-state index contributed by atoms with van der Waals surface area (Å²) in [4.78, 5) is 23.8. The van der Waals surface area contributed by atoms with Crippen molar-refractivity contribution in [3.05, 3.63) is 48.0 Å². The molecule has 0 aromatic heterocycles. The Hall–Kier alpha value is -2.18. The van der Waals surface area contributed by atoms with Crippen molar-refractivity contribution in [2.45, 2.75) is 19.3 Å². The summed E-state index contributed by atoms with van der Waals surface area (Å²) in [7, 11) is 0. The second-order valence-corrected chi connectivity index (χ2v) is 4.78. The van der Waals surface area contributed by atoms with E-state index in [-0.39, 0.29) is 5.91 Å². The molecule has 118 valence electrons. The van der Waals surface area contributed by atoms with Crippen molar-refractivity contribution in [1.82, 2.24) is 5.32 Å². The molecule has 1 saturated heterocycles. The maximum Gasteiger partial charge on any atom is 0.338 e. The molecule has 2 rings (SSSR count). The Kier molecular flexibility index (Phi) is 5.68. The normalized spacial score (nSPS) is 16.0. The van der Waals surface area contributed by atoms with Crippen molar-refractivity contribution in [2.24, 2.45) is 0 Å². The van der Waals surface area contributed by atoms with Crippen LogP contribution in [0.5, 0.6) is 0 Å². The number of amides is 1. The summed E-state index contributed by atoms with van der Waals surface area (Å²) < 4.78 is 15.9. The third kappa shape index (κ3) is 4.16. The average Bonchev–Trinajstić information content (AvgIpc) is 3.07. The van der Waals surface area contributed by atoms with E-state index in [1.165, 1.54) is 6.92 Å². The lowest BCUT2D eigenvalue weighted by atomic mass is 10.1. The first kappa shape index (κ1) is 16.2. The van der Waals surface area contributed by atoms with Gasteiger partial charge in [0, 0.05) is 12.1 Å². The number of nitrogens with one attached hydrogen (secondary N) is 1. The second-order valence-electron chi connectivity index (χ2n) is 4.78. The third-order valence-electron chi connectivity index (χ3n) is 3.09. The zero-order valence-electron chi connectivity index (χ0n) is 12.4. The fourth-order valence-corrected chi connectivity index (χ4v) is 1.96. The molecule has 6 heteroatoms. The van der Waals surface area contributed by atoms with Crippen LogP contribution >= 0.6 is 0 Å². The predicted octanol–water partition coefficient (Wildman–Crippen LogP) is 1.58. The minimum Gasteiger partial charge on any atom is -0.449 e. The van der Waals surface area contributed by atoms with Crippen molar-refractivity contribution in [3.8, 4) is 0 Å². The minimum absolute atomic E-state index is 0.326. The molecule has 0 saturated carbocycles. The Morgan fingerprint density at radius 2 is 2.18 bits per heavy atom.